The van der Waals surface area contributed by atoms with Crippen LogP contribution in [0.5, 0.6) is 11.5 Å². The van der Waals surface area contributed by atoms with Crippen LogP contribution in [0.3, 0.4) is 0 Å². The Morgan fingerprint density at radius 1 is 1.27 bits per heavy atom. The normalized spacial score (nSPS) is 10.8. The Labute approximate surface area is 180 Å². The molecular weight excluding hydrogens is 410 g/mol. The number of halogens is 1. The Kier molecular flexibility index (Phi) is 8.67. The maximum absolute atomic E-state index is 12.2. The van der Waals surface area contributed by atoms with Crippen LogP contribution in [0, 0.1) is 0 Å². The van der Waals surface area contributed by atoms with E-state index in [2.05, 4.69) is 15.6 Å². The minimum absolute atomic E-state index is 0.00118. The van der Waals surface area contributed by atoms with Gasteiger partial charge in [-0.1, -0.05) is 11.6 Å². The molecule has 0 radical (unpaired) electrons. The number of hydrogen-bond acceptors (Lipinski definition) is 7. The van der Waals surface area contributed by atoms with Gasteiger partial charge in [-0.2, -0.15) is 10.2 Å². The zero-order valence-corrected chi connectivity index (χ0v) is 18.3. The van der Waals surface area contributed by atoms with Crippen molar-refractivity contribution in [3.05, 3.63) is 45.3 Å². The fraction of sp³-hybridized carbons (Fsp3) is 0.400. The van der Waals surface area contributed by atoms with Gasteiger partial charge in [0.15, 0.2) is 18.1 Å². The van der Waals surface area contributed by atoms with Gasteiger partial charge in [-0.3, -0.25) is 15.0 Å². The van der Waals surface area contributed by atoms with E-state index in [1.165, 1.54) is 13.2 Å². The molecule has 0 spiro atoms. The van der Waals surface area contributed by atoms with Gasteiger partial charge in [0.25, 0.3) is 11.5 Å². The predicted molar refractivity (Wildman–Crippen MR) is 117 cm³/mol. The van der Waals surface area contributed by atoms with Crippen LogP contribution in [0.15, 0.2) is 34.3 Å². The van der Waals surface area contributed by atoms with Gasteiger partial charge in [-0.05, 0) is 44.5 Å². The molecule has 1 aromatic heterocycles. The number of ether oxygens (including phenoxy) is 2. The lowest BCUT2D eigenvalue weighted by atomic mass is 10.2. The highest BCUT2D eigenvalue weighted by atomic mass is 35.5. The second-order valence-corrected chi connectivity index (χ2v) is 6.54. The van der Waals surface area contributed by atoms with E-state index in [1.807, 2.05) is 20.8 Å². The van der Waals surface area contributed by atoms with Crippen molar-refractivity contribution >= 4 is 29.4 Å². The number of amides is 1. The van der Waals surface area contributed by atoms with E-state index in [9.17, 15) is 9.59 Å². The molecule has 0 aliphatic carbocycles. The molecule has 0 saturated carbocycles. The SMILES string of the molecule is CCOc1cc(/C=N\Nc2cnn(C)c(=O)c2Cl)ccc1OCC(=O)N(CC)CC. The summed E-state index contributed by atoms with van der Waals surface area (Å²) >= 11 is 5.99. The Morgan fingerprint density at radius 3 is 2.67 bits per heavy atom. The number of nitrogens with zero attached hydrogens (tertiary/aromatic N) is 4. The Balaban J connectivity index is 2.10. The molecule has 1 aromatic carbocycles. The van der Waals surface area contributed by atoms with Crippen molar-refractivity contribution in [2.75, 3.05) is 31.7 Å². The Morgan fingerprint density at radius 2 is 2.00 bits per heavy atom. The zero-order chi connectivity index (χ0) is 22.1. The number of rotatable bonds is 10. The standard InChI is InChI=1S/C20H26ClN5O4/c1-5-26(6-2)18(27)13-30-16-9-8-14(10-17(16)29-7-3)11-22-24-15-12-23-25(4)20(28)19(15)21/h8-12,24H,5-7,13H2,1-4H3/b22-11-. The molecule has 9 nitrogen and oxygen atoms in total. The summed E-state index contributed by atoms with van der Waals surface area (Å²) < 4.78 is 12.4. The first-order valence-corrected chi connectivity index (χ1v) is 9.97. The van der Waals surface area contributed by atoms with E-state index in [-0.39, 0.29) is 17.5 Å². The largest absolute Gasteiger partial charge is 0.490 e. The van der Waals surface area contributed by atoms with Crippen LogP contribution in [-0.2, 0) is 11.8 Å². The highest BCUT2D eigenvalue weighted by Crippen LogP contribution is 2.28. The van der Waals surface area contributed by atoms with Crippen LogP contribution >= 0.6 is 11.6 Å². The molecule has 0 atom stereocenters. The zero-order valence-electron chi connectivity index (χ0n) is 17.5. The molecule has 162 valence electrons. The summed E-state index contributed by atoms with van der Waals surface area (Å²) in [5, 5.41) is 7.98. The fourth-order valence-corrected chi connectivity index (χ4v) is 2.78. The number of likely N-dealkylation sites (N-methyl/N-ethyl adjacent to an activating group) is 1. The minimum Gasteiger partial charge on any atom is -0.490 e. The van der Waals surface area contributed by atoms with Crippen LogP contribution in [0.4, 0.5) is 5.69 Å². The molecule has 0 bridgehead atoms. The molecule has 0 unspecified atom stereocenters. The molecule has 10 heteroatoms. The van der Waals surface area contributed by atoms with Gasteiger partial charge < -0.3 is 14.4 Å². The number of aromatic nitrogens is 2. The first-order valence-electron chi connectivity index (χ1n) is 9.59. The van der Waals surface area contributed by atoms with Gasteiger partial charge in [0.05, 0.1) is 19.0 Å². The summed E-state index contributed by atoms with van der Waals surface area (Å²) in [5.74, 6) is 0.889. The second kappa shape index (κ2) is 11.2. The third kappa shape index (κ3) is 5.96. The average molecular weight is 436 g/mol. The van der Waals surface area contributed by atoms with E-state index < -0.39 is 5.56 Å². The van der Waals surface area contributed by atoms with E-state index in [0.717, 1.165) is 10.2 Å². The maximum Gasteiger partial charge on any atom is 0.287 e. The van der Waals surface area contributed by atoms with Crippen molar-refractivity contribution in [1.82, 2.24) is 14.7 Å². The van der Waals surface area contributed by atoms with Crippen molar-refractivity contribution in [2.24, 2.45) is 12.1 Å². The minimum atomic E-state index is -0.420. The second-order valence-electron chi connectivity index (χ2n) is 6.16. The van der Waals surface area contributed by atoms with Crippen LogP contribution in [-0.4, -0.2) is 53.1 Å². The van der Waals surface area contributed by atoms with Gasteiger partial charge in [0.1, 0.15) is 10.7 Å². The average Bonchev–Trinajstić information content (AvgIpc) is 2.74. The van der Waals surface area contributed by atoms with Crippen molar-refractivity contribution in [3.8, 4) is 11.5 Å². The van der Waals surface area contributed by atoms with E-state index in [0.29, 0.717) is 36.9 Å². The molecule has 1 amide bonds. The van der Waals surface area contributed by atoms with Crippen molar-refractivity contribution < 1.29 is 14.3 Å². The van der Waals surface area contributed by atoms with E-state index in [1.54, 1.807) is 29.3 Å². The lowest BCUT2D eigenvalue weighted by molar-refractivity contribution is -0.132. The molecule has 0 fully saturated rings. The highest BCUT2D eigenvalue weighted by molar-refractivity contribution is 6.32. The van der Waals surface area contributed by atoms with E-state index in [4.69, 9.17) is 21.1 Å². The number of anilines is 1. The third-order valence-electron chi connectivity index (χ3n) is 4.21. The van der Waals surface area contributed by atoms with Crippen LogP contribution in [0.1, 0.15) is 26.3 Å². The van der Waals surface area contributed by atoms with E-state index >= 15 is 0 Å². The van der Waals surface area contributed by atoms with Crippen molar-refractivity contribution in [3.63, 3.8) is 0 Å². The smallest absolute Gasteiger partial charge is 0.287 e. The molecule has 0 aliphatic heterocycles. The molecule has 2 rings (SSSR count). The molecular formula is C20H26ClN5O4. The summed E-state index contributed by atoms with van der Waals surface area (Å²) in [6.45, 7) is 7.34. The maximum atomic E-state index is 12.2. The van der Waals surface area contributed by atoms with Crippen LogP contribution in [0.2, 0.25) is 5.02 Å². The van der Waals surface area contributed by atoms with Gasteiger partial charge in [0.2, 0.25) is 0 Å². The first-order chi connectivity index (χ1) is 14.4. The van der Waals surface area contributed by atoms with Crippen molar-refractivity contribution in [2.45, 2.75) is 20.8 Å². The lowest BCUT2D eigenvalue weighted by Gasteiger charge is -2.19. The summed E-state index contributed by atoms with van der Waals surface area (Å²) in [7, 11) is 1.51. The molecule has 0 saturated heterocycles. The molecule has 1 heterocycles. The molecule has 30 heavy (non-hydrogen) atoms. The van der Waals surface area contributed by atoms with Crippen LogP contribution in [0.25, 0.3) is 0 Å². The molecule has 2 aromatic rings. The van der Waals surface area contributed by atoms with Crippen LogP contribution < -0.4 is 20.5 Å². The molecule has 0 aliphatic rings. The number of hydrazone groups is 1. The first kappa shape index (κ1) is 23.2. The Hall–Kier alpha value is -3.07. The third-order valence-corrected chi connectivity index (χ3v) is 4.58. The highest BCUT2D eigenvalue weighted by Gasteiger charge is 2.13. The predicted octanol–water partition coefficient (Wildman–Crippen LogP) is 2.53. The Bertz CT molecular complexity index is 957. The summed E-state index contributed by atoms with van der Waals surface area (Å²) in [6.07, 6.45) is 2.96. The number of nitrogens with one attached hydrogen (secondary N) is 1. The fourth-order valence-electron chi connectivity index (χ4n) is 2.56. The topological polar surface area (TPSA) is 98.0 Å². The quantitative estimate of drug-likeness (QED) is 0.455. The van der Waals surface area contributed by atoms with Gasteiger partial charge in [0, 0.05) is 20.1 Å². The number of aryl methyl sites for hydroxylation is 1. The summed E-state index contributed by atoms with van der Waals surface area (Å²) in [4.78, 5) is 25.6. The number of carbonyl (C=O) groups excluding carboxylic acids is 1. The summed E-state index contributed by atoms with van der Waals surface area (Å²) in [6, 6.07) is 5.24. The monoisotopic (exact) mass is 435 g/mol. The van der Waals surface area contributed by atoms with Gasteiger partial charge in [-0.25, -0.2) is 4.68 Å². The number of benzene rings is 1. The van der Waals surface area contributed by atoms with Crippen molar-refractivity contribution in [1.29, 1.82) is 0 Å². The van der Waals surface area contributed by atoms with Gasteiger partial charge in [-0.15, -0.1) is 0 Å². The number of hydrogen-bond donors (Lipinski definition) is 1. The molecule has 1 N–H and O–H groups in total. The van der Waals surface area contributed by atoms with Gasteiger partial charge >= 0.3 is 0 Å². The number of carbonyl (C=O) groups is 1. The summed E-state index contributed by atoms with van der Waals surface area (Å²) in [5.41, 5.74) is 3.31. The lowest BCUT2D eigenvalue weighted by Crippen LogP contribution is -2.34.